The Morgan fingerprint density at radius 1 is 1.47 bits per heavy atom. The van der Waals surface area contributed by atoms with Crippen molar-refractivity contribution in [1.82, 2.24) is 4.90 Å². The van der Waals surface area contributed by atoms with Crippen LogP contribution >= 0.6 is 0 Å². The summed E-state index contributed by atoms with van der Waals surface area (Å²) in [5, 5.41) is 0. The number of amides is 2. The van der Waals surface area contributed by atoms with Gasteiger partial charge in [0.25, 0.3) is 0 Å². The van der Waals surface area contributed by atoms with E-state index in [0.717, 1.165) is 0 Å². The summed E-state index contributed by atoms with van der Waals surface area (Å²) in [4.78, 5) is 35.4. The van der Waals surface area contributed by atoms with E-state index < -0.39 is 0 Å². The molecular formula is C12H19NO4. The molecule has 2 amide bonds. The predicted octanol–water partition coefficient (Wildman–Crippen LogP) is 0.971. The average molecular weight is 241 g/mol. The van der Waals surface area contributed by atoms with E-state index in [1.165, 1.54) is 4.90 Å². The van der Waals surface area contributed by atoms with E-state index in [0.29, 0.717) is 19.4 Å². The predicted molar refractivity (Wildman–Crippen MR) is 60.9 cm³/mol. The van der Waals surface area contributed by atoms with Crippen LogP contribution in [0.2, 0.25) is 0 Å². The summed E-state index contributed by atoms with van der Waals surface area (Å²) in [6.45, 7) is 5.87. The minimum Gasteiger partial charge on any atom is -0.465 e. The maximum atomic E-state index is 11.5. The molecule has 17 heavy (non-hydrogen) atoms. The van der Waals surface area contributed by atoms with Crippen LogP contribution in [0.15, 0.2) is 0 Å². The highest BCUT2D eigenvalue weighted by Gasteiger charge is 2.34. The molecule has 0 spiro atoms. The quantitative estimate of drug-likeness (QED) is 0.409. The van der Waals surface area contributed by atoms with Crippen LogP contribution < -0.4 is 0 Å². The van der Waals surface area contributed by atoms with Crippen molar-refractivity contribution in [2.45, 2.75) is 33.6 Å². The van der Waals surface area contributed by atoms with Crippen molar-refractivity contribution in [3.63, 3.8) is 0 Å². The Morgan fingerprint density at radius 2 is 2.12 bits per heavy atom. The number of nitrogens with zero attached hydrogens (tertiary/aromatic N) is 1. The normalized spacial score (nSPS) is 20.2. The SMILES string of the molecule is CC(C)C(=O)OCCCN1C(=O)CC(C)C1=O. The molecule has 1 saturated heterocycles. The lowest BCUT2D eigenvalue weighted by molar-refractivity contribution is -0.147. The van der Waals surface area contributed by atoms with Gasteiger partial charge in [0, 0.05) is 18.9 Å². The number of carbonyl (C=O) groups excluding carboxylic acids is 3. The molecular weight excluding hydrogens is 222 g/mol. The number of hydrogen-bond acceptors (Lipinski definition) is 4. The zero-order chi connectivity index (χ0) is 13.0. The Bertz CT molecular complexity index is 324. The Balaban J connectivity index is 2.25. The summed E-state index contributed by atoms with van der Waals surface area (Å²) in [5.41, 5.74) is 0. The Hall–Kier alpha value is -1.39. The highest BCUT2D eigenvalue weighted by Crippen LogP contribution is 2.18. The second kappa shape index (κ2) is 5.80. The number of carbonyl (C=O) groups is 3. The molecule has 1 aliphatic rings. The molecule has 0 N–H and O–H groups in total. The number of likely N-dealkylation sites (tertiary alicyclic amines) is 1. The smallest absolute Gasteiger partial charge is 0.308 e. The van der Waals surface area contributed by atoms with Crippen molar-refractivity contribution in [1.29, 1.82) is 0 Å². The van der Waals surface area contributed by atoms with Crippen LogP contribution in [0.1, 0.15) is 33.6 Å². The molecule has 1 aliphatic heterocycles. The van der Waals surface area contributed by atoms with E-state index in [1.54, 1.807) is 20.8 Å². The van der Waals surface area contributed by atoms with Crippen molar-refractivity contribution in [2.75, 3.05) is 13.2 Å². The zero-order valence-electron chi connectivity index (χ0n) is 10.6. The van der Waals surface area contributed by atoms with Crippen LogP contribution in [-0.4, -0.2) is 35.8 Å². The molecule has 0 aromatic heterocycles. The van der Waals surface area contributed by atoms with E-state index in [-0.39, 0.29) is 36.2 Å². The molecule has 96 valence electrons. The summed E-state index contributed by atoms with van der Waals surface area (Å²) in [6, 6.07) is 0. The Labute approximate surface area is 101 Å². The van der Waals surface area contributed by atoms with Gasteiger partial charge in [-0.15, -0.1) is 0 Å². The number of imide groups is 1. The van der Waals surface area contributed by atoms with Crippen LogP contribution in [0.5, 0.6) is 0 Å². The first-order chi connectivity index (χ1) is 7.93. The largest absolute Gasteiger partial charge is 0.465 e. The Kier molecular flexibility index (Phi) is 4.66. The van der Waals surface area contributed by atoms with Gasteiger partial charge in [-0.05, 0) is 6.42 Å². The van der Waals surface area contributed by atoms with Crippen molar-refractivity contribution >= 4 is 17.8 Å². The van der Waals surface area contributed by atoms with Crippen LogP contribution in [0, 0.1) is 11.8 Å². The summed E-state index contributed by atoms with van der Waals surface area (Å²) in [7, 11) is 0. The van der Waals surface area contributed by atoms with Gasteiger partial charge < -0.3 is 4.74 Å². The van der Waals surface area contributed by atoms with Gasteiger partial charge in [-0.2, -0.15) is 0 Å². The molecule has 1 unspecified atom stereocenters. The fourth-order valence-electron chi connectivity index (χ4n) is 1.65. The van der Waals surface area contributed by atoms with E-state index in [9.17, 15) is 14.4 Å². The summed E-state index contributed by atoms with van der Waals surface area (Å²) < 4.78 is 4.97. The molecule has 1 fully saturated rings. The fourth-order valence-corrected chi connectivity index (χ4v) is 1.65. The van der Waals surface area contributed by atoms with Crippen LogP contribution in [0.4, 0.5) is 0 Å². The lowest BCUT2D eigenvalue weighted by Crippen LogP contribution is -2.32. The number of ether oxygens (including phenoxy) is 1. The van der Waals surface area contributed by atoms with Gasteiger partial charge in [-0.1, -0.05) is 20.8 Å². The topological polar surface area (TPSA) is 63.7 Å². The molecule has 5 nitrogen and oxygen atoms in total. The molecule has 0 aliphatic carbocycles. The Morgan fingerprint density at radius 3 is 2.59 bits per heavy atom. The molecule has 0 saturated carbocycles. The van der Waals surface area contributed by atoms with Gasteiger partial charge >= 0.3 is 5.97 Å². The molecule has 0 bridgehead atoms. The second-order valence-electron chi connectivity index (χ2n) is 4.66. The van der Waals surface area contributed by atoms with Gasteiger partial charge in [0.15, 0.2) is 0 Å². The van der Waals surface area contributed by atoms with Gasteiger partial charge in [-0.3, -0.25) is 19.3 Å². The first-order valence-electron chi connectivity index (χ1n) is 5.94. The fraction of sp³-hybridized carbons (Fsp3) is 0.750. The van der Waals surface area contributed by atoms with E-state index >= 15 is 0 Å². The van der Waals surface area contributed by atoms with Crippen LogP contribution in [-0.2, 0) is 19.1 Å². The molecule has 1 atom stereocenters. The summed E-state index contributed by atoms with van der Waals surface area (Å²) in [6.07, 6.45) is 0.799. The third-order valence-electron chi connectivity index (χ3n) is 2.71. The lowest BCUT2D eigenvalue weighted by Gasteiger charge is -2.14. The van der Waals surface area contributed by atoms with Gasteiger partial charge in [0.2, 0.25) is 11.8 Å². The third-order valence-corrected chi connectivity index (χ3v) is 2.71. The van der Waals surface area contributed by atoms with E-state index in [2.05, 4.69) is 0 Å². The maximum Gasteiger partial charge on any atom is 0.308 e. The summed E-state index contributed by atoms with van der Waals surface area (Å²) >= 11 is 0. The molecule has 1 heterocycles. The van der Waals surface area contributed by atoms with Crippen LogP contribution in [0.25, 0.3) is 0 Å². The summed E-state index contributed by atoms with van der Waals surface area (Å²) in [5.74, 6) is -0.855. The molecule has 0 radical (unpaired) electrons. The minimum atomic E-state index is -0.252. The second-order valence-corrected chi connectivity index (χ2v) is 4.66. The first-order valence-corrected chi connectivity index (χ1v) is 5.94. The lowest BCUT2D eigenvalue weighted by atomic mass is 10.1. The van der Waals surface area contributed by atoms with Crippen molar-refractivity contribution < 1.29 is 19.1 Å². The zero-order valence-corrected chi connectivity index (χ0v) is 10.6. The molecule has 0 aromatic carbocycles. The number of hydrogen-bond donors (Lipinski definition) is 0. The molecule has 5 heteroatoms. The van der Waals surface area contributed by atoms with E-state index in [4.69, 9.17) is 4.74 Å². The van der Waals surface area contributed by atoms with Gasteiger partial charge in [-0.25, -0.2) is 0 Å². The van der Waals surface area contributed by atoms with Crippen molar-refractivity contribution in [2.24, 2.45) is 11.8 Å². The van der Waals surface area contributed by atoms with Crippen LogP contribution in [0.3, 0.4) is 0 Å². The van der Waals surface area contributed by atoms with E-state index in [1.807, 2.05) is 0 Å². The third kappa shape index (κ3) is 3.54. The highest BCUT2D eigenvalue weighted by molar-refractivity contribution is 6.03. The monoisotopic (exact) mass is 241 g/mol. The average Bonchev–Trinajstić information content (AvgIpc) is 2.49. The minimum absolute atomic E-state index is 0.120. The van der Waals surface area contributed by atoms with Gasteiger partial charge in [0.05, 0.1) is 12.5 Å². The molecule has 0 aromatic rings. The maximum absolute atomic E-state index is 11.5. The molecule has 1 rings (SSSR count). The standard InChI is InChI=1S/C12H19NO4/c1-8(2)12(16)17-6-4-5-13-10(14)7-9(3)11(13)15/h8-9H,4-7H2,1-3H3. The van der Waals surface area contributed by atoms with Gasteiger partial charge in [0.1, 0.15) is 0 Å². The van der Waals surface area contributed by atoms with Crippen molar-refractivity contribution in [3.05, 3.63) is 0 Å². The number of esters is 1. The van der Waals surface area contributed by atoms with Crippen molar-refractivity contribution in [3.8, 4) is 0 Å². The first kappa shape index (κ1) is 13.7. The number of rotatable bonds is 5. The highest BCUT2D eigenvalue weighted by atomic mass is 16.5.